The average molecular weight is 302 g/mol. The molecule has 3 aromatic rings. The molecule has 0 unspecified atom stereocenters. The van der Waals surface area contributed by atoms with Crippen LogP contribution >= 0.6 is 11.6 Å². The SMILES string of the molecule is CCCCn1cc(-n2c(C)c(C)c3ccc(Cl)cc32)cn1. The molecule has 0 spiro atoms. The van der Waals surface area contributed by atoms with Crippen LogP contribution in [0.1, 0.15) is 31.0 Å². The lowest BCUT2D eigenvalue weighted by Gasteiger charge is -2.05. The minimum atomic E-state index is 0.764. The molecule has 0 saturated carbocycles. The first-order valence-corrected chi connectivity index (χ1v) is 7.79. The third kappa shape index (κ3) is 2.46. The highest BCUT2D eigenvalue weighted by molar-refractivity contribution is 6.31. The van der Waals surface area contributed by atoms with Crippen molar-refractivity contribution in [1.82, 2.24) is 14.3 Å². The van der Waals surface area contributed by atoms with Crippen LogP contribution in [0.3, 0.4) is 0 Å². The van der Waals surface area contributed by atoms with E-state index in [0.717, 1.165) is 29.2 Å². The molecule has 1 aromatic carbocycles. The van der Waals surface area contributed by atoms with Crippen LogP contribution in [0.5, 0.6) is 0 Å². The van der Waals surface area contributed by atoms with Crippen molar-refractivity contribution in [2.24, 2.45) is 0 Å². The molecular formula is C17H20ClN3. The van der Waals surface area contributed by atoms with E-state index in [-0.39, 0.29) is 0 Å². The Labute approximate surface area is 130 Å². The number of aryl methyl sites for hydroxylation is 2. The van der Waals surface area contributed by atoms with Crippen LogP contribution in [0, 0.1) is 13.8 Å². The summed E-state index contributed by atoms with van der Waals surface area (Å²) in [6.07, 6.45) is 6.37. The van der Waals surface area contributed by atoms with Gasteiger partial charge in [-0.25, -0.2) is 0 Å². The number of rotatable bonds is 4. The van der Waals surface area contributed by atoms with E-state index in [9.17, 15) is 0 Å². The predicted octanol–water partition coefficient (Wildman–Crippen LogP) is 4.90. The summed E-state index contributed by atoms with van der Waals surface area (Å²) >= 11 is 6.18. The predicted molar refractivity (Wildman–Crippen MR) is 88.5 cm³/mol. The zero-order valence-electron chi connectivity index (χ0n) is 12.7. The third-order valence-electron chi connectivity index (χ3n) is 4.10. The topological polar surface area (TPSA) is 22.8 Å². The van der Waals surface area contributed by atoms with E-state index in [1.165, 1.54) is 23.1 Å². The highest BCUT2D eigenvalue weighted by atomic mass is 35.5. The fraction of sp³-hybridized carbons (Fsp3) is 0.353. The minimum Gasteiger partial charge on any atom is -0.311 e. The zero-order chi connectivity index (χ0) is 15.0. The van der Waals surface area contributed by atoms with Crippen molar-refractivity contribution < 1.29 is 0 Å². The Hall–Kier alpha value is -1.74. The fourth-order valence-electron chi connectivity index (χ4n) is 2.79. The number of hydrogen-bond acceptors (Lipinski definition) is 1. The number of benzene rings is 1. The molecule has 0 fully saturated rings. The van der Waals surface area contributed by atoms with Gasteiger partial charge in [-0.2, -0.15) is 5.10 Å². The molecular weight excluding hydrogens is 282 g/mol. The number of hydrogen-bond donors (Lipinski definition) is 0. The Balaban J connectivity index is 2.13. The van der Waals surface area contributed by atoms with Gasteiger partial charge in [-0.15, -0.1) is 0 Å². The molecule has 0 amide bonds. The van der Waals surface area contributed by atoms with E-state index < -0.39 is 0 Å². The number of fused-ring (bicyclic) bond motifs is 1. The Morgan fingerprint density at radius 3 is 2.81 bits per heavy atom. The number of unbranched alkanes of at least 4 members (excludes halogenated alkanes) is 1. The van der Waals surface area contributed by atoms with Crippen LogP contribution in [-0.4, -0.2) is 14.3 Å². The van der Waals surface area contributed by atoms with Gasteiger partial charge in [0.1, 0.15) is 0 Å². The first-order valence-electron chi connectivity index (χ1n) is 7.41. The summed E-state index contributed by atoms with van der Waals surface area (Å²) in [4.78, 5) is 0. The van der Waals surface area contributed by atoms with Gasteiger partial charge >= 0.3 is 0 Å². The normalized spacial score (nSPS) is 11.4. The molecule has 4 heteroatoms. The third-order valence-corrected chi connectivity index (χ3v) is 4.34. The average Bonchev–Trinajstić information content (AvgIpc) is 3.01. The van der Waals surface area contributed by atoms with Gasteiger partial charge in [0.2, 0.25) is 0 Å². The monoisotopic (exact) mass is 301 g/mol. The maximum atomic E-state index is 6.18. The van der Waals surface area contributed by atoms with Gasteiger partial charge in [-0.1, -0.05) is 31.0 Å². The highest BCUT2D eigenvalue weighted by Crippen LogP contribution is 2.30. The second-order valence-corrected chi connectivity index (χ2v) is 5.96. The Kier molecular flexibility index (Phi) is 3.77. The van der Waals surface area contributed by atoms with Gasteiger partial charge in [0.25, 0.3) is 0 Å². The quantitative estimate of drug-likeness (QED) is 0.672. The van der Waals surface area contributed by atoms with E-state index in [2.05, 4.69) is 42.7 Å². The molecule has 2 aromatic heterocycles. The van der Waals surface area contributed by atoms with Gasteiger partial charge in [-0.3, -0.25) is 4.68 Å². The molecule has 0 aliphatic carbocycles. The summed E-state index contributed by atoms with van der Waals surface area (Å²) in [5.74, 6) is 0. The van der Waals surface area contributed by atoms with Crippen molar-refractivity contribution in [3.8, 4) is 5.69 Å². The summed E-state index contributed by atoms with van der Waals surface area (Å²) in [7, 11) is 0. The van der Waals surface area contributed by atoms with Crippen molar-refractivity contribution in [3.63, 3.8) is 0 Å². The molecule has 0 bridgehead atoms. The fourth-order valence-corrected chi connectivity index (χ4v) is 2.96. The molecule has 0 atom stereocenters. The van der Waals surface area contributed by atoms with Crippen LogP contribution in [0.4, 0.5) is 0 Å². The molecule has 0 saturated heterocycles. The van der Waals surface area contributed by atoms with Gasteiger partial charge in [-0.05, 0) is 38.0 Å². The van der Waals surface area contributed by atoms with Gasteiger partial charge in [0.15, 0.2) is 0 Å². The van der Waals surface area contributed by atoms with Crippen molar-refractivity contribution in [3.05, 3.63) is 46.9 Å². The molecule has 21 heavy (non-hydrogen) atoms. The van der Waals surface area contributed by atoms with Gasteiger partial charge in [0.05, 0.1) is 17.4 Å². The first kappa shape index (κ1) is 14.2. The van der Waals surface area contributed by atoms with Crippen molar-refractivity contribution in [2.75, 3.05) is 0 Å². The lowest BCUT2D eigenvalue weighted by Crippen LogP contribution is -1.98. The van der Waals surface area contributed by atoms with Crippen molar-refractivity contribution in [2.45, 2.75) is 40.2 Å². The Morgan fingerprint density at radius 1 is 1.24 bits per heavy atom. The summed E-state index contributed by atoms with van der Waals surface area (Å²) < 4.78 is 4.26. The second-order valence-electron chi connectivity index (χ2n) is 5.52. The maximum Gasteiger partial charge on any atom is 0.0840 e. The summed E-state index contributed by atoms with van der Waals surface area (Å²) in [5.41, 5.74) is 4.78. The van der Waals surface area contributed by atoms with Crippen molar-refractivity contribution in [1.29, 1.82) is 0 Å². The van der Waals surface area contributed by atoms with Crippen LogP contribution < -0.4 is 0 Å². The molecule has 3 nitrogen and oxygen atoms in total. The lowest BCUT2D eigenvalue weighted by molar-refractivity contribution is 0.571. The number of aromatic nitrogens is 3. The summed E-state index contributed by atoms with van der Waals surface area (Å²) in [6, 6.07) is 6.07. The molecule has 0 radical (unpaired) electrons. The number of halogens is 1. The molecule has 0 aliphatic rings. The van der Waals surface area contributed by atoms with Gasteiger partial charge < -0.3 is 4.57 Å². The zero-order valence-corrected chi connectivity index (χ0v) is 13.5. The van der Waals surface area contributed by atoms with E-state index in [4.69, 9.17) is 11.6 Å². The second kappa shape index (κ2) is 5.57. The smallest absolute Gasteiger partial charge is 0.0840 e. The van der Waals surface area contributed by atoms with Crippen LogP contribution in [-0.2, 0) is 6.54 Å². The van der Waals surface area contributed by atoms with E-state index in [0.29, 0.717) is 0 Å². The van der Waals surface area contributed by atoms with E-state index in [1.54, 1.807) is 0 Å². The highest BCUT2D eigenvalue weighted by Gasteiger charge is 2.13. The lowest BCUT2D eigenvalue weighted by atomic mass is 10.2. The minimum absolute atomic E-state index is 0.764. The Bertz CT molecular complexity index is 783. The molecule has 110 valence electrons. The van der Waals surface area contributed by atoms with Gasteiger partial charge in [0, 0.05) is 28.8 Å². The molecule has 2 heterocycles. The molecule has 0 N–H and O–H groups in total. The standard InChI is InChI=1S/C17H20ClN3/c1-4-5-8-20-11-15(10-19-20)21-13(3)12(2)16-7-6-14(18)9-17(16)21/h6-7,9-11H,4-5,8H2,1-3H3. The van der Waals surface area contributed by atoms with Crippen LogP contribution in [0.15, 0.2) is 30.6 Å². The largest absolute Gasteiger partial charge is 0.311 e. The van der Waals surface area contributed by atoms with Crippen LogP contribution in [0.25, 0.3) is 16.6 Å². The maximum absolute atomic E-state index is 6.18. The van der Waals surface area contributed by atoms with E-state index >= 15 is 0 Å². The van der Waals surface area contributed by atoms with Crippen molar-refractivity contribution >= 4 is 22.5 Å². The first-order chi connectivity index (χ1) is 10.1. The molecule has 0 aliphatic heterocycles. The summed E-state index contributed by atoms with van der Waals surface area (Å²) in [5, 5.41) is 6.48. The van der Waals surface area contributed by atoms with Crippen LogP contribution in [0.2, 0.25) is 5.02 Å². The molecule has 3 rings (SSSR count). The summed E-state index contributed by atoms with van der Waals surface area (Å²) in [6.45, 7) is 7.46. The van der Waals surface area contributed by atoms with E-state index in [1.807, 2.05) is 23.0 Å². The number of nitrogens with zero attached hydrogens (tertiary/aromatic N) is 3. The Morgan fingerprint density at radius 2 is 2.05 bits per heavy atom.